The summed E-state index contributed by atoms with van der Waals surface area (Å²) < 4.78 is 20.6. The number of carbonyl (C=O) groups excluding carboxylic acids is 3. The van der Waals surface area contributed by atoms with Crippen molar-refractivity contribution in [3.63, 3.8) is 0 Å². The van der Waals surface area contributed by atoms with Crippen LogP contribution >= 0.6 is 0 Å². The monoisotopic (exact) mass is 434 g/mol. The number of methoxy groups -OCH3 is 2. The second kappa shape index (κ2) is 14.8. The molecule has 0 bridgehead atoms. The van der Waals surface area contributed by atoms with Gasteiger partial charge in [0.2, 0.25) is 0 Å². The summed E-state index contributed by atoms with van der Waals surface area (Å²) in [5.74, 6) is -0.350. The van der Waals surface area contributed by atoms with E-state index in [1.165, 1.54) is 6.08 Å². The molecule has 0 aliphatic carbocycles. The summed E-state index contributed by atoms with van der Waals surface area (Å²) in [5.41, 5.74) is 0.819. The number of hydrogen-bond acceptors (Lipinski definition) is 8. The number of carbonyl (C=O) groups is 3. The average Bonchev–Trinajstić information content (AvgIpc) is 2.78. The van der Waals surface area contributed by atoms with Crippen LogP contribution in [0.1, 0.15) is 37.7 Å². The zero-order valence-corrected chi connectivity index (χ0v) is 18.1. The molecule has 1 rings (SSSR count). The van der Waals surface area contributed by atoms with Gasteiger partial charge in [-0.1, -0.05) is 12.6 Å². The summed E-state index contributed by atoms with van der Waals surface area (Å²) in [6.45, 7) is 3.38. The molecule has 8 nitrogen and oxygen atoms in total. The molecule has 0 heterocycles. The summed E-state index contributed by atoms with van der Waals surface area (Å²) in [6, 6.07) is 5.32. The van der Waals surface area contributed by atoms with E-state index in [2.05, 4.69) is 6.58 Å². The van der Waals surface area contributed by atoms with Crippen molar-refractivity contribution in [2.24, 2.45) is 0 Å². The van der Waals surface area contributed by atoms with E-state index in [0.29, 0.717) is 30.9 Å². The van der Waals surface area contributed by atoms with Gasteiger partial charge in [0.15, 0.2) is 17.3 Å². The number of ketones is 1. The molecule has 0 aromatic heterocycles. The Labute approximate surface area is 182 Å². The fourth-order valence-electron chi connectivity index (χ4n) is 2.53. The summed E-state index contributed by atoms with van der Waals surface area (Å²) in [4.78, 5) is 34.4. The highest BCUT2D eigenvalue weighted by Gasteiger charge is 2.12. The zero-order valence-electron chi connectivity index (χ0n) is 18.1. The fraction of sp³-hybridized carbons (Fsp3) is 0.435. The van der Waals surface area contributed by atoms with Crippen molar-refractivity contribution in [2.75, 3.05) is 34.0 Å². The molecule has 0 unspecified atom stereocenters. The summed E-state index contributed by atoms with van der Waals surface area (Å²) in [7, 11) is 3.10. The minimum Gasteiger partial charge on any atom is -0.493 e. The maximum Gasteiger partial charge on any atom is 0.333 e. The van der Waals surface area contributed by atoms with Gasteiger partial charge in [-0.3, -0.25) is 4.79 Å². The molecule has 0 atom stereocenters. The maximum absolute atomic E-state index is 11.8. The highest BCUT2D eigenvalue weighted by molar-refractivity contribution is 5.95. The Morgan fingerprint density at radius 2 is 1.61 bits per heavy atom. The molecule has 170 valence electrons. The van der Waals surface area contributed by atoms with Crippen LogP contribution in [0.3, 0.4) is 0 Å². The van der Waals surface area contributed by atoms with Gasteiger partial charge in [0.25, 0.3) is 0 Å². The minimum atomic E-state index is -0.628. The van der Waals surface area contributed by atoms with Gasteiger partial charge in [-0.05, 0) is 49.5 Å². The molecule has 0 spiro atoms. The van der Waals surface area contributed by atoms with Gasteiger partial charge in [0.05, 0.1) is 27.4 Å². The second-order valence-electron chi connectivity index (χ2n) is 6.64. The van der Waals surface area contributed by atoms with Crippen LogP contribution in [0.5, 0.6) is 11.5 Å². The van der Waals surface area contributed by atoms with E-state index in [1.54, 1.807) is 38.5 Å². The van der Waals surface area contributed by atoms with E-state index in [4.69, 9.17) is 24.1 Å². The van der Waals surface area contributed by atoms with E-state index in [-0.39, 0.29) is 18.6 Å². The lowest BCUT2D eigenvalue weighted by Gasteiger charge is -2.07. The van der Waals surface area contributed by atoms with Crippen molar-refractivity contribution in [1.82, 2.24) is 0 Å². The number of hydrogen-bond donors (Lipinski definition) is 1. The molecule has 0 aliphatic rings. The van der Waals surface area contributed by atoms with Gasteiger partial charge in [0.1, 0.15) is 6.61 Å². The SMILES string of the molecule is C=C(CC(=O)CO)C(=O)OCCCCCCOC(=O)/C=C/c1ccc(OC)c(OC)c1. The van der Waals surface area contributed by atoms with Crippen molar-refractivity contribution < 1.29 is 38.4 Å². The van der Waals surface area contributed by atoms with Crippen molar-refractivity contribution in [2.45, 2.75) is 32.1 Å². The predicted molar refractivity (Wildman–Crippen MR) is 115 cm³/mol. The number of esters is 2. The molecule has 1 aromatic rings. The van der Waals surface area contributed by atoms with Crippen LogP contribution in [0.4, 0.5) is 0 Å². The number of benzene rings is 1. The lowest BCUT2D eigenvalue weighted by Crippen LogP contribution is -2.13. The average molecular weight is 434 g/mol. The first-order valence-electron chi connectivity index (χ1n) is 9.95. The Bertz CT molecular complexity index is 782. The zero-order chi connectivity index (χ0) is 23.1. The van der Waals surface area contributed by atoms with Crippen LogP contribution in [-0.2, 0) is 23.9 Å². The highest BCUT2D eigenvalue weighted by atomic mass is 16.5. The summed E-state index contributed by atoms with van der Waals surface area (Å²) >= 11 is 0. The molecule has 1 aromatic carbocycles. The van der Waals surface area contributed by atoms with Crippen molar-refractivity contribution in [3.8, 4) is 11.5 Å². The molecular formula is C23H30O8. The van der Waals surface area contributed by atoms with Gasteiger partial charge in [0, 0.05) is 18.1 Å². The molecule has 0 fully saturated rings. The van der Waals surface area contributed by atoms with E-state index >= 15 is 0 Å². The second-order valence-corrected chi connectivity index (χ2v) is 6.64. The quantitative estimate of drug-likeness (QED) is 0.255. The number of aliphatic hydroxyl groups excluding tert-OH is 1. The third-order valence-corrected chi connectivity index (χ3v) is 4.21. The van der Waals surface area contributed by atoms with Crippen LogP contribution in [0.2, 0.25) is 0 Å². The first-order chi connectivity index (χ1) is 14.9. The first-order valence-corrected chi connectivity index (χ1v) is 9.95. The van der Waals surface area contributed by atoms with Gasteiger partial charge in [-0.25, -0.2) is 9.59 Å². The van der Waals surface area contributed by atoms with E-state index in [9.17, 15) is 14.4 Å². The van der Waals surface area contributed by atoms with Crippen LogP contribution in [0.25, 0.3) is 6.08 Å². The molecule has 31 heavy (non-hydrogen) atoms. The molecule has 0 saturated heterocycles. The molecule has 0 radical (unpaired) electrons. The third kappa shape index (κ3) is 10.5. The first kappa shape index (κ1) is 25.9. The molecule has 8 heteroatoms. The minimum absolute atomic E-state index is 0.0344. The highest BCUT2D eigenvalue weighted by Crippen LogP contribution is 2.27. The Morgan fingerprint density at radius 3 is 2.23 bits per heavy atom. The Hall–Kier alpha value is -3.13. The van der Waals surface area contributed by atoms with Crippen LogP contribution < -0.4 is 9.47 Å². The topological polar surface area (TPSA) is 108 Å². The smallest absolute Gasteiger partial charge is 0.333 e. The van der Waals surface area contributed by atoms with Crippen molar-refractivity contribution in [3.05, 3.63) is 42.0 Å². The number of Topliss-reactive ketones (excluding diaryl/α,β-unsaturated/α-hetero) is 1. The molecule has 0 saturated carbocycles. The van der Waals surface area contributed by atoms with Crippen LogP contribution in [0, 0.1) is 0 Å². The van der Waals surface area contributed by atoms with E-state index < -0.39 is 24.3 Å². The third-order valence-electron chi connectivity index (χ3n) is 4.21. The standard InChI is InChI=1S/C23H30O8/c1-17(14-19(25)16-24)23(27)31-13-7-5-4-6-12-30-22(26)11-9-18-8-10-20(28-2)21(15-18)29-3/h8-11,15,24H,1,4-7,12-14,16H2,2-3H3/b11-9+. The van der Waals surface area contributed by atoms with Crippen molar-refractivity contribution >= 4 is 23.8 Å². The fourth-order valence-corrected chi connectivity index (χ4v) is 2.53. The summed E-state index contributed by atoms with van der Waals surface area (Å²) in [5, 5.41) is 8.65. The molecule has 0 amide bonds. The number of rotatable bonds is 15. The van der Waals surface area contributed by atoms with E-state index in [1.807, 2.05) is 0 Å². The number of aliphatic hydroxyl groups is 1. The lowest BCUT2D eigenvalue weighted by atomic mass is 10.1. The van der Waals surface area contributed by atoms with Crippen molar-refractivity contribution in [1.29, 1.82) is 0 Å². The van der Waals surface area contributed by atoms with Gasteiger partial charge in [-0.15, -0.1) is 0 Å². The Balaban J connectivity index is 2.15. The number of ether oxygens (including phenoxy) is 4. The Kier molecular flexibility index (Phi) is 12.4. The van der Waals surface area contributed by atoms with Crippen LogP contribution in [0.15, 0.2) is 36.4 Å². The maximum atomic E-state index is 11.8. The molecule has 0 aliphatic heterocycles. The predicted octanol–water partition coefficient (Wildman–Crippen LogP) is 2.87. The van der Waals surface area contributed by atoms with Crippen LogP contribution in [-0.4, -0.2) is 56.9 Å². The lowest BCUT2D eigenvalue weighted by molar-refractivity contribution is -0.140. The normalized spacial score (nSPS) is 10.5. The van der Waals surface area contributed by atoms with Gasteiger partial charge < -0.3 is 24.1 Å². The van der Waals surface area contributed by atoms with E-state index in [0.717, 1.165) is 18.4 Å². The Morgan fingerprint density at radius 1 is 0.968 bits per heavy atom. The molecule has 1 N–H and O–H groups in total. The number of unbranched alkanes of at least 4 members (excludes halogenated alkanes) is 3. The molecular weight excluding hydrogens is 404 g/mol. The van der Waals surface area contributed by atoms with Gasteiger partial charge in [-0.2, -0.15) is 0 Å². The largest absolute Gasteiger partial charge is 0.493 e. The summed E-state index contributed by atoms with van der Waals surface area (Å²) in [6.07, 6.45) is 5.75. The van der Waals surface area contributed by atoms with Gasteiger partial charge >= 0.3 is 11.9 Å².